The number of hydrogen-bond acceptors (Lipinski definition) is 4. The average molecular weight is 335 g/mol. The maximum absolute atomic E-state index is 10.1. The van der Waals surface area contributed by atoms with Crippen LogP contribution in [-0.4, -0.2) is 55.6 Å². The van der Waals surface area contributed by atoms with Gasteiger partial charge in [0.2, 0.25) is 0 Å². The van der Waals surface area contributed by atoms with E-state index in [9.17, 15) is 5.11 Å². The molecule has 2 rings (SSSR count). The molecule has 1 fully saturated rings. The first kappa shape index (κ1) is 19.2. The number of likely N-dealkylation sites (tertiary alicyclic amines) is 1. The molecule has 1 heterocycles. The van der Waals surface area contributed by atoms with Gasteiger partial charge in [-0.1, -0.05) is 38.8 Å². The van der Waals surface area contributed by atoms with Crippen molar-refractivity contribution in [3.8, 4) is 5.75 Å². The number of nitrogens with zero attached hydrogens (tertiary/aromatic N) is 1. The van der Waals surface area contributed by atoms with Crippen molar-refractivity contribution in [3.05, 3.63) is 29.8 Å². The van der Waals surface area contributed by atoms with Crippen LogP contribution in [0, 0.1) is 0 Å². The second-order valence-corrected chi connectivity index (χ2v) is 7.02. The Morgan fingerprint density at radius 1 is 1.00 bits per heavy atom. The fourth-order valence-corrected chi connectivity index (χ4v) is 3.06. The quantitative estimate of drug-likeness (QED) is 0.702. The molecule has 1 N–H and O–H groups in total. The molecule has 0 radical (unpaired) electrons. The summed E-state index contributed by atoms with van der Waals surface area (Å²) in [6, 6.07) is 8.21. The molecule has 1 saturated heterocycles. The van der Waals surface area contributed by atoms with E-state index in [-0.39, 0.29) is 0 Å². The van der Waals surface area contributed by atoms with Crippen molar-refractivity contribution in [2.45, 2.75) is 51.6 Å². The van der Waals surface area contributed by atoms with Crippen LogP contribution in [-0.2, 0) is 4.74 Å². The predicted octanol–water partition coefficient (Wildman–Crippen LogP) is 3.44. The Balaban J connectivity index is 1.55. The van der Waals surface area contributed by atoms with Crippen LogP contribution >= 0.6 is 0 Å². The second kappa shape index (κ2) is 10.7. The standard InChI is InChI=1S/C20H33NO3/c1-17(2)18-7-9-20(10-8-18)24-14-13-23-16-19(22)15-21-11-5-3-4-6-12-21/h7-10,17,19,22H,3-6,11-16H2,1-2H3/t19-/m0/s1. The van der Waals surface area contributed by atoms with Gasteiger partial charge in [-0.2, -0.15) is 0 Å². The number of β-amino-alcohol motifs (C(OH)–C–C–N with tert-alkyl or cyclic N) is 1. The molecule has 0 unspecified atom stereocenters. The Morgan fingerprint density at radius 3 is 2.29 bits per heavy atom. The summed E-state index contributed by atoms with van der Waals surface area (Å²) in [6.45, 7) is 8.69. The zero-order valence-electron chi connectivity index (χ0n) is 15.2. The van der Waals surface area contributed by atoms with Crippen molar-refractivity contribution >= 4 is 0 Å². The van der Waals surface area contributed by atoms with E-state index in [0.29, 0.717) is 25.7 Å². The van der Waals surface area contributed by atoms with E-state index in [2.05, 4.69) is 30.9 Å². The minimum absolute atomic E-state index is 0.381. The Bertz CT molecular complexity index is 439. The van der Waals surface area contributed by atoms with Crippen LogP contribution in [0.3, 0.4) is 0 Å². The zero-order valence-corrected chi connectivity index (χ0v) is 15.2. The van der Waals surface area contributed by atoms with Gasteiger partial charge in [0.05, 0.1) is 19.3 Å². The lowest BCUT2D eigenvalue weighted by atomic mass is 10.0. The molecule has 0 bridgehead atoms. The molecule has 1 atom stereocenters. The topological polar surface area (TPSA) is 41.9 Å². The van der Waals surface area contributed by atoms with Crippen LogP contribution in [0.2, 0.25) is 0 Å². The first-order chi connectivity index (χ1) is 11.6. The molecule has 0 amide bonds. The van der Waals surface area contributed by atoms with Gasteiger partial charge in [-0.25, -0.2) is 0 Å². The lowest BCUT2D eigenvalue weighted by molar-refractivity contribution is 0.00836. The van der Waals surface area contributed by atoms with E-state index >= 15 is 0 Å². The average Bonchev–Trinajstić information content (AvgIpc) is 2.83. The monoisotopic (exact) mass is 335 g/mol. The number of ether oxygens (including phenoxy) is 2. The molecule has 1 aromatic carbocycles. The Labute approximate surface area is 146 Å². The summed E-state index contributed by atoms with van der Waals surface area (Å²) in [5.41, 5.74) is 1.32. The van der Waals surface area contributed by atoms with E-state index in [4.69, 9.17) is 9.47 Å². The smallest absolute Gasteiger partial charge is 0.119 e. The van der Waals surface area contributed by atoms with Crippen LogP contribution in [0.4, 0.5) is 0 Å². The lowest BCUT2D eigenvalue weighted by Gasteiger charge is -2.23. The Morgan fingerprint density at radius 2 is 1.67 bits per heavy atom. The highest BCUT2D eigenvalue weighted by Crippen LogP contribution is 2.18. The molecule has 136 valence electrons. The molecule has 0 aliphatic carbocycles. The third kappa shape index (κ3) is 7.20. The lowest BCUT2D eigenvalue weighted by Crippen LogP contribution is -2.35. The highest BCUT2D eigenvalue weighted by atomic mass is 16.5. The van der Waals surface area contributed by atoms with Gasteiger partial charge in [-0.15, -0.1) is 0 Å². The minimum Gasteiger partial charge on any atom is -0.491 e. The Kier molecular flexibility index (Phi) is 8.57. The van der Waals surface area contributed by atoms with Crippen molar-refractivity contribution in [1.82, 2.24) is 4.90 Å². The first-order valence-electron chi connectivity index (χ1n) is 9.36. The van der Waals surface area contributed by atoms with Gasteiger partial charge in [-0.05, 0) is 49.5 Å². The highest BCUT2D eigenvalue weighted by molar-refractivity contribution is 5.28. The van der Waals surface area contributed by atoms with Crippen LogP contribution in [0.1, 0.15) is 51.0 Å². The van der Waals surface area contributed by atoms with Gasteiger partial charge in [0.1, 0.15) is 12.4 Å². The summed E-state index contributed by atoms with van der Waals surface area (Å²) in [4.78, 5) is 2.35. The number of aliphatic hydroxyl groups is 1. The van der Waals surface area contributed by atoms with Gasteiger partial charge in [-0.3, -0.25) is 0 Å². The normalized spacial score (nSPS) is 17.7. The molecule has 4 heteroatoms. The van der Waals surface area contributed by atoms with Crippen molar-refractivity contribution in [2.24, 2.45) is 0 Å². The number of aliphatic hydroxyl groups excluding tert-OH is 1. The van der Waals surface area contributed by atoms with Gasteiger partial charge >= 0.3 is 0 Å². The molecule has 4 nitrogen and oxygen atoms in total. The SMILES string of the molecule is CC(C)c1ccc(OCCOC[C@@H](O)CN2CCCCCC2)cc1. The molecule has 0 saturated carbocycles. The van der Waals surface area contributed by atoms with Crippen LogP contribution in [0.5, 0.6) is 5.75 Å². The maximum atomic E-state index is 10.1. The van der Waals surface area contributed by atoms with Crippen molar-refractivity contribution in [3.63, 3.8) is 0 Å². The fraction of sp³-hybridized carbons (Fsp3) is 0.700. The summed E-state index contributed by atoms with van der Waals surface area (Å²) >= 11 is 0. The molecular weight excluding hydrogens is 302 g/mol. The molecule has 24 heavy (non-hydrogen) atoms. The molecule has 0 aromatic heterocycles. The zero-order chi connectivity index (χ0) is 17.2. The van der Waals surface area contributed by atoms with E-state index in [1.165, 1.54) is 31.2 Å². The van der Waals surface area contributed by atoms with Crippen LogP contribution < -0.4 is 4.74 Å². The maximum Gasteiger partial charge on any atom is 0.119 e. The molecule has 0 spiro atoms. The van der Waals surface area contributed by atoms with Gasteiger partial charge in [0.15, 0.2) is 0 Å². The fourth-order valence-electron chi connectivity index (χ4n) is 3.06. The van der Waals surface area contributed by atoms with Crippen molar-refractivity contribution < 1.29 is 14.6 Å². The highest BCUT2D eigenvalue weighted by Gasteiger charge is 2.13. The third-order valence-electron chi connectivity index (χ3n) is 4.52. The predicted molar refractivity (Wildman–Crippen MR) is 97.8 cm³/mol. The van der Waals surface area contributed by atoms with Crippen LogP contribution in [0.25, 0.3) is 0 Å². The van der Waals surface area contributed by atoms with E-state index in [1.54, 1.807) is 0 Å². The summed E-state index contributed by atoms with van der Waals surface area (Å²) in [5, 5.41) is 10.1. The third-order valence-corrected chi connectivity index (χ3v) is 4.52. The van der Waals surface area contributed by atoms with E-state index in [1.807, 2.05) is 12.1 Å². The van der Waals surface area contributed by atoms with Crippen molar-refractivity contribution in [2.75, 3.05) is 39.5 Å². The summed E-state index contributed by atoms with van der Waals surface area (Å²) < 4.78 is 11.2. The minimum atomic E-state index is -0.409. The van der Waals surface area contributed by atoms with E-state index in [0.717, 1.165) is 25.4 Å². The first-order valence-corrected chi connectivity index (χ1v) is 9.36. The molecule has 1 aromatic rings. The Hall–Kier alpha value is -1.10. The molecule has 1 aliphatic heterocycles. The summed E-state index contributed by atoms with van der Waals surface area (Å²) in [5.74, 6) is 1.40. The van der Waals surface area contributed by atoms with Gasteiger partial charge in [0, 0.05) is 6.54 Å². The van der Waals surface area contributed by atoms with Gasteiger partial charge < -0.3 is 19.5 Å². The molecule has 1 aliphatic rings. The van der Waals surface area contributed by atoms with E-state index < -0.39 is 6.10 Å². The number of hydrogen-bond donors (Lipinski definition) is 1. The largest absolute Gasteiger partial charge is 0.491 e. The van der Waals surface area contributed by atoms with Crippen LogP contribution in [0.15, 0.2) is 24.3 Å². The number of benzene rings is 1. The summed E-state index contributed by atoms with van der Waals surface area (Å²) in [6.07, 6.45) is 4.72. The van der Waals surface area contributed by atoms with Crippen molar-refractivity contribution in [1.29, 1.82) is 0 Å². The second-order valence-electron chi connectivity index (χ2n) is 7.02. The summed E-state index contributed by atoms with van der Waals surface area (Å²) in [7, 11) is 0. The number of rotatable bonds is 9. The van der Waals surface area contributed by atoms with Gasteiger partial charge in [0.25, 0.3) is 0 Å². The molecular formula is C20H33NO3.